The Balaban J connectivity index is 1.30. The molecule has 19 nitrogen and oxygen atoms in total. The molecule has 0 aromatic heterocycles. The molecule has 0 aromatic rings. The molecule has 17 atom stereocenters. The van der Waals surface area contributed by atoms with Crippen molar-refractivity contribution >= 4 is 5.91 Å². The minimum atomic E-state index is -1.98. The number of rotatable bonds is 52. The summed E-state index contributed by atoms with van der Waals surface area (Å²) in [6.07, 6.45) is 38.2. The van der Waals surface area contributed by atoms with Crippen molar-refractivity contribution in [2.24, 2.45) is 0 Å². The summed E-state index contributed by atoms with van der Waals surface area (Å²) in [4.78, 5) is 13.3. The Kier molecular flexibility index (Phi) is 46.7. The highest BCUT2D eigenvalue weighted by molar-refractivity contribution is 5.76. The lowest BCUT2D eigenvalue weighted by Gasteiger charge is -2.48. The first-order valence-electron chi connectivity index (χ1n) is 34.7. The van der Waals surface area contributed by atoms with E-state index in [4.69, 9.17) is 28.4 Å². The molecule has 3 rings (SSSR count). The van der Waals surface area contributed by atoms with Gasteiger partial charge in [-0.1, -0.05) is 221 Å². The molecule has 89 heavy (non-hydrogen) atoms. The Morgan fingerprint density at radius 1 is 0.427 bits per heavy atom. The lowest BCUT2D eigenvalue weighted by molar-refractivity contribution is -0.379. The summed E-state index contributed by atoms with van der Waals surface area (Å²) in [5.74, 6) is -0.293. The second kappa shape index (κ2) is 51.6. The Morgan fingerprint density at radius 2 is 0.798 bits per heavy atom. The lowest BCUT2D eigenvalue weighted by atomic mass is 9.96. The third-order valence-electron chi connectivity index (χ3n) is 17.0. The highest BCUT2D eigenvalue weighted by Crippen LogP contribution is 2.33. The predicted molar refractivity (Wildman–Crippen MR) is 346 cm³/mol. The van der Waals surface area contributed by atoms with E-state index in [1.165, 1.54) is 148 Å². The van der Waals surface area contributed by atoms with Crippen LogP contribution in [0.15, 0.2) is 72.9 Å². The maximum absolute atomic E-state index is 13.3. The fourth-order valence-corrected chi connectivity index (χ4v) is 11.4. The molecule has 12 N–H and O–H groups in total. The van der Waals surface area contributed by atoms with Crippen molar-refractivity contribution in [1.29, 1.82) is 0 Å². The smallest absolute Gasteiger partial charge is 0.220 e. The molecule has 19 heteroatoms. The van der Waals surface area contributed by atoms with E-state index in [0.29, 0.717) is 12.8 Å². The van der Waals surface area contributed by atoms with E-state index < -0.39 is 124 Å². The van der Waals surface area contributed by atoms with Crippen molar-refractivity contribution in [1.82, 2.24) is 5.32 Å². The number of unbranched alkanes of at least 4 members (excludes halogenated alkanes) is 27. The van der Waals surface area contributed by atoms with Crippen molar-refractivity contribution in [2.75, 3.05) is 26.4 Å². The summed E-state index contributed by atoms with van der Waals surface area (Å²) in [6.45, 7) is 1.44. The summed E-state index contributed by atoms with van der Waals surface area (Å²) < 4.78 is 34.2. The van der Waals surface area contributed by atoms with E-state index >= 15 is 0 Å². The monoisotopic (exact) mass is 1270 g/mol. The van der Waals surface area contributed by atoms with Crippen molar-refractivity contribution in [3.63, 3.8) is 0 Å². The molecule has 0 radical (unpaired) electrons. The Labute approximate surface area is 534 Å². The summed E-state index contributed by atoms with van der Waals surface area (Å²) in [7, 11) is 0. The van der Waals surface area contributed by atoms with E-state index in [-0.39, 0.29) is 18.9 Å². The molecule has 3 aliphatic heterocycles. The second-order valence-corrected chi connectivity index (χ2v) is 24.6. The van der Waals surface area contributed by atoms with Crippen molar-refractivity contribution < 1.29 is 89.4 Å². The van der Waals surface area contributed by atoms with Gasteiger partial charge < -0.3 is 89.9 Å². The van der Waals surface area contributed by atoms with Gasteiger partial charge in [0.1, 0.15) is 73.2 Å². The van der Waals surface area contributed by atoms with Crippen LogP contribution in [0.4, 0.5) is 0 Å². The van der Waals surface area contributed by atoms with Gasteiger partial charge in [0.25, 0.3) is 0 Å². The van der Waals surface area contributed by atoms with Gasteiger partial charge in [-0.3, -0.25) is 4.79 Å². The van der Waals surface area contributed by atoms with Gasteiger partial charge in [-0.25, -0.2) is 0 Å². The maximum Gasteiger partial charge on any atom is 0.220 e. The van der Waals surface area contributed by atoms with Crippen LogP contribution in [0.1, 0.15) is 232 Å². The average Bonchev–Trinajstić information content (AvgIpc) is 1.06. The molecule has 0 bridgehead atoms. The molecule has 0 spiro atoms. The normalized spacial score (nSPS) is 28.7. The zero-order chi connectivity index (χ0) is 64.7. The van der Waals surface area contributed by atoms with E-state index in [0.717, 1.165) is 51.4 Å². The Bertz CT molecular complexity index is 1900. The molecule has 1 amide bonds. The fourth-order valence-electron chi connectivity index (χ4n) is 11.4. The maximum atomic E-state index is 13.3. The van der Waals surface area contributed by atoms with Crippen LogP contribution in [-0.2, 0) is 33.2 Å². The van der Waals surface area contributed by atoms with Crippen LogP contribution >= 0.6 is 0 Å². The standard InChI is InChI=1S/C70H123NO18/c1-3-5-7-9-11-13-14-15-16-17-18-19-20-21-22-23-24-25-26-27-28-29-30-31-32-33-34-35-36-37-38-40-42-44-46-48-58(76)71-53(54(75)47-45-43-41-39-12-10-8-6-4-2)52-84-68-64(82)61(79)66(56(50-73)86-68)89-70-65(83)62(80)67(57(51-74)87-70)88-69-63(81)60(78)59(77)55(49-72)85-69/h4,6,12,14-15,17-18,20-21,39,45,47,53-57,59-70,72-75,77-83H,3,5,7-11,13,16,19,22-38,40-44,46,48-52H2,1-2H3,(H,71,76)/b6-4+,15-14-,18-17-,21-20-,39-12+,47-45+. The van der Waals surface area contributed by atoms with Crippen LogP contribution in [0.5, 0.6) is 0 Å². The molecular formula is C70H123NO18. The third kappa shape index (κ3) is 33.8. The summed E-state index contributed by atoms with van der Waals surface area (Å²) >= 11 is 0. The van der Waals surface area contributed by atoms with Crippen LogP contribution in [0.3, 0.4) is 0 Å². The molecule has 516 valence electrons. The number of nitrogens with one attached hydrogen (secondary N) is 1. The molecule has 3 saturated heterocycles. The van der Waals surface area contributed by atoms with E-state index in [2.05, 4.69) is 66.9 Å². The second-order valence-electron chi connectivity index (χ2n) is 24.6. The zero-order valence-electron chi connectivity index (χ0n) is 54.4. The van der Waals surface area contributed by atoms with Crippen LogP contribution in [0, 0.1) is 0 Å². The van der Waals surface area contributed by atoms with Crippen molar-refractivity contribution in [2.45, 2.75) is 336 Å². The Morgan fingerprint density at radius 3 is 1.26 bits per heavy atom. The van der Waals surface area contributed by atoms with E-state index in [9.17, 15) is 61.0 Å². The van der Waals surface area contributed by atoms with Crippen LogP contribution in [0.2, 0.25) is 0 Å². The number of hydrogen-bond acceptors (Lipinski definition) is 18. The van der Waals surface area contributed by atoms with Gasteiger partial charge in [-0.05, 0) is 77.6 Å². The van der Waals surface area contributed by atoms with Crippen molar-refractivity contribution in [3.05, 3.63) is 72.9 Å². The molecule has 3 aliphatic rings. The Hall–Kier alpha value is -2.77. The molecule has 0 aromatic carbocycles. The largest absolute Gasteiger partial charge is 0.394 e. The zero-order valence-corrected chi connectivity index (χ0v) is 54.4. The van der Waals surface area contributed by atoms with Gasteiger partial charge in [0.05, 0.1) is 38.6 Å². The minimum absolute atomic E-state index is 0.231. The van der Waals surface area contributed by atoms with Gasteiger partial charge in [0.15, 0.2) is 18.9 Å². The molecule has 3 fully saturated rings. The quantitative estimate of drug-likeness (QED) is 0.0200. The number of hydrogen-bond donors (Lipinski definition) is 12. The van der Waals surface area contributed by atoms with Gasteiger partial charge >= 0.3 is 0 Å². The molecule has 0 saturated carbocycles. The van der Waals surface area contributed by atoms with Gasteiger partial charge in [-0.15, -0.1) is 0 Å². The highest BCUT2D eigenvalue weighted by atomic mass is 16.8. The molecule has 0 aliphatic carbocycles. The number of aliphatic hydroxyl groups excluding tert-OH is 11. The van der Waals surface area contributed by atoms with Gasteiger partial charge in [-0.2, -0.15) is 0 Å². The average molecular weight is 1270 g/mol. The van der Waals surface area contributed by atoms with Crippen LogP contribution in [0.25, 0.3) is 0 Å². The number of carbonyl (C=O) groups is 1. The summed E-state index contributed by atoms with van der Waals surface area (Å²) in [5, 5.41) is 120. The lowest BCUT2D eigenvalue weighted by Crippen LogP contribution is -2.66. The van der Waals surface area contributed by atoms with Gasteiger partial charge in [0.2, 0.25) is 5.91 Å². The number of amides is 1. The first-order valence-corrected chi connectivity index (χ1v) is 34.7. The van der Waals surface area contributed by atoms with E-state index in [1.54, 1.807) is 6.08 Å². The SMILES string of the molecule is C/C=C/CC/C=C/CC/C=C/C(O)C(COC1OC(CO)C(OC2OC(CO)C(OC3OC(CO)C(O)C(O)C3O)C(O)C2O)C(O)C1O)NC(=O)CCCCCCCCCCCCCCCCCCCCCC/C=C\C/C=C\C/C=C\CCCCCCC. The van der Waals surface area contributed by atoms with Crippen LogP contribution < -0.4 is 5.32 Å². The summed E-state index contributed by atoms with van der Waals surface area (Å²) in [6, 6.07) is -0.996. The minimum Gasteiger partial charge on any atom is -0.394 e. The topological polar surface area (TPSA) is 307 Å². The first-order chi connectivity index (χ1) is 43.3. The number of ether oxygens (including phenoxy) is 6. The van der Waals surface area contributed by atoms with Crippen molar-refractivity contribution in [3.8, 4) is 0 Å². The third-order valence-corrected chi connectivity index (χ3v) is 17.0. The number of aliphatic hydroxyl groups is 11. The summed E-state index contributed by atoms with van der Waals surface area (Å²) in [5.41, 5.74) is 0. The molecule has 17 unspecified atom stereocenters. The fraction of sp³-hybridized carbons (Fsp3) is 0.814. The predicted octanol–water partition coefficient (Wildman–Crippen LogP) is 8.94. The number of allylic oxidation sites excluding steroid dienone is 11. The highest BCUT2D eigenvalue weighted by Gasteiger charge is 2.53. The first kappa shape index (κ1) is 80.5. The van der Waals surface area contributed by atoms with Crippen LogP contribution in [-0.4, -0.2) is 193 Å². The van der Waals surface area contributed by atoms with Gasteiger partial charge in [0, 0.05) is 6.42 Å². The number of carbonyl (C=O) groups excluding carboxylic acids is 1. The van der Waals surface area contributed by atoms with E-state index in [1.807, 2.05) is 19.1 Å². The molecule has 3 heterocycles. The molecular weight excluding hydrogens is 1140 g/mol.